The number of nitrogens with zero attached hydrogens (tertiary/aromatic N) is 1. The standard InChI is InChI=1S/C17H21NO4/c1-12(2)10-14-8-9-18(15(14)16(19)20)17(21)22-11-13-6-4-3-5-7-13/h3-7,14-15H,1,8-11H2,2H3,(H,19,20)/t14-,15+/m1/s1. The molecule has 1 heterocycles. The van der Waals surface area contributed by atoms with E-state index in [1.807, 2.05) is 37.3 Å². The monoisotopic (exact) mass is 303 g/mol. The van der Waals surface area contributed by atoms with Crippen molar-refractivity contribution in [1.82, 2.24) is 4.90 Å². The average molecular weight is 303 g/mol. The molecule has 1 aliphatic rings. The molecule has 2 atom stereocenters. The van der Waals surface area contributed by atoms with Gasteiger partial charge in [-0.05, 0) is 31.2 Å². The third-order valence-corrected chi connectivity index (χ3v) is 3.83. The van der Waals surface area contributed by atoms with Crippen LogP contribution in [0.3, 0.4) is 0 Å². The van der Waals surface area contributed by atoms with Crippen molar-refractivity contribution in [3.8, 4) is 0 Å². The smallest absolute Gasteiger partial charge is 0.410 e. The van der Waals surface area contributed by atoms with Gasteiger partial charge in [0.05, 0.1) is 0 Å². The molecule has 5 heteroatoms. The molecule has 1 aromatic rings. The molecule has 1 saturated heterocycles. The number of carboxylic acids is 1. The summed E-state index contributed by atoms with van der Waals surface area (Å²) in [6.07, 6.45) is 0.699. The van der Waals surface area contributed by atoms with Crippen molar-refractivity contribution in [2.75, 3.05) is 6.54 Å². The van der Waals surface area contributed by atoms with E-state index < -0.39 is 18.1 Å². The van der Waals surface area contributed by atoms with Crippen LogP contribution in [-0.2, 0) is 16.1 Å². The first-order valence-electron chi connectivity index (χ1n) is 7.33. The molecular formula is C17H21NO4. The molecule has 0 spiro atoms. The second-order valence-corrected chi connectivity index (χ2v) is 5.73. The fourth-order valence-electron chi connectivity index (χ4n) is 2.86. The van der Waals surface area contributed by atoms with E-state index in [0.29, 0.717) is 19.4 Å². The number of aliphatic carboxylic acids is 1. The molecular weight excluding hydrogens is 282 g/mol. The summed E-state index contributed by atoms with van der Waals surface area (Å²) in [6, 6.07) is 8.49. The first kappa shape index (κ1) is 16.1. The Bertz CT molecular complexity index is 555. The minimum absolute atomic E-state index is 0.0979. The molecule has 1 aliphatic heterocycles. The van der Waals surface area contributed by atoms with Gasteiger partial charge in [-0.15, -0.1) is 6.58 Å². The van der Waals surface area contributed by atoms with Crippen LogP contribution >= 0.6 is 0 Å². The van der Waals surface area contributed by atoms with Crippen LogP contribution in [0.15, 0.2) is 42.5 Å². The lowest BCUT2D eigenvalue weighted by Crippen LogP contribution is -2.43. The molecule has 1 N–H and O–H groups in total. The predicted molar refractivity (Wildman–Crippen MR) is 82.3 cm³/mol. The molecule has 0 bridgehead atoms. The normalized spacial score (nSPS) is 20.7. The lowest BCUT2D eigenvalue weighted by atomic mass is 9.93. The van der Waals surface area contributed by atoms with Gasteiger partial charge in [-0.3, -0.25) is 4.90 Å². The maximum absolute atomic E-state index is 12.2. The van der Waals surface area contributed by atoms with Gasteiger partial charge in [0.2, 0.25) is 0 Å². The maximum Gasteiger partial charge on any atom is 0.410 e. The Morgan fingerprint density at radius 1 is 1.36 bits per heavy atom. The zero-order chi connectivity index (χ0) is 16.1. The minimum Gasteiger partial charge on any atom is -0.480 e. The number of rotatable bonds is 5. The second kappa shape index (κ2) is 7.11. The van der Waals surface area contributed by atoms with Crippen molar-refractivity contribution < 1.29 is 19.4 Å². The van der Waals surface area contributed by atoms with Gasteiger partial charge < -0.3 is 9.84 Å². The summed E-state index contributed by atoms with van der Waals surface area (Å²) >= 11 is 0. The second-order valence-electron chi connectivity index (χ2n) is 5.73. The van der Waals surface area contributed by atoms with Crippen molar-refractivity contribution in [3.05, 3.63) is 48.0 Å². The van der Waals surface area contributed by atoms with Crippen molar-refractivity contribution >= 4 is 12.1 Å². The quantitative estimate of drug-likeness (QED) is 0.849. The number of allylic oxidation sites excluding steroid dienone is 1. The Morgan fingerprint density at radius 2 is 2.05 bits per heavy atom. The van der Waals surface area contributed by atoms with Gasteiger partial charge in [0.15, 0.2) is 0 Å². The number of carboxylic acid groups (broad SMARTS) is 1. The third-order valence-electron chi connectivity index (χ3n) is 3.83. The van der Waals surface area contributed by atoms with E-state index in [4.69, 9.17) is 4.74 Å². The largest absolute Gasteiger partial charge is 0.480 e. The van der Waals surface area contributed by atoms with Gasteiger partial charge in [-0.2, -0.15) is 0 Å². The Balaban J connectivity index is 1.99. The highest BCUT2D eigenvalue weighted by Crippen LogP contribution is 2.30. The molecule has 0 aliphatic carbocycles. The van der Waals surface area contributed by atoms with Crippen molar-refractivity contribution in [1.29, 1.82) is 0 Å². The number of hydrogen-bond acceptors (Lipinski definition) is 3. The fraction of sp³-hybridized carbons (Fsp3) is 0.412. The van der Waals surface area contributed by atoms with Crippen molar-refractivity contribution in [2.24, 2.45) is 5.92 Å². The van der Waals surface area contributed by atoms with Crippen LogP contribution < -0.4 is 0 Å². The molecule has 22 heavy (non-hydrogen) atoms. The zero-order valence-corrected chi connectivity index (χ0v) is 12.7. The highest BCUT2D eigenvalue weighted by molar-refractivity contribution is 5.81. The van der Waals surface area contributed by atoms with E-state index in [0.717, 1.165) is 11.1 Å². The molecule has 5 nitrogen and oxygen atoms in total. The lowest BCUT2D eigenvalue weighted by molar-refractivity contribution is -0.143. The first-order chi connectivity index (χ1) is 10.5. The van der Waals surface area contributed by atoms with Gasteiger partial charge in [0.1, 0.15) is 12.6 Å². The summed E-state index contributed by atoms with van der Waals surface area (Å²) in [5, 5.41) is 9.42. The molecule has 118 valence electrons. The first-order valence-corrected chi connectivity index (χ1v) is 7.33. The van der Waals surface area contributed by atoms with Gasteiger partial charge in [-0.1, -0.05) is 35.9 Å². The van der Waals surface area contributed by atoms with Crippen LogP contribution in [-0.4, -0.2) is 34.7 Å². The minimum atomic E-state index is -0.986. The Labute approximate surface area is 130 Å². The highest BCUT2D eigenvalue weighted by atomic mass is 16.6. The van der Waals surface area contributed by atoms with Crippen molar-refractivity contribution in [3.63, 3.8) is 0 Å². The van der Waals surface area contributed by atoms with E-state index >= 15 is 0 Å². The number of carbonyl (C=O) groups excluding carboxylic acids is 1. The molecule has 0 aromatic heterocycles. The zero-order valence-electron chi connectivity index (χ0n) is 12.7. The number of likely N-dealkylation sites (tertiary alicyclic amines) is 1. The molecule has 1 aromatic carbocycles. The van der Waals surface area contributed by atoms with Crippen LogP contribution in [0.2, 0.25) is 0 Å². The molecule has 0 unspecified atom stereocenters. The third kappa shape index (κ3) is 3.87. The molecule has 2 rings (SSSR count). The summed E-state index contributed by atoms with van der Waals surface area (Å²) in [5.41, 5.74) is 1.80. The molecule has 1 amide bonds. The van der Waals surface area contributed by atoms with Crippen LogP contribution in [0, 0.1) is 5.92 Å². The number of carbonyl (C=O) groups is 2. The molecule has 0 saturated carbocycles. The summed E-state index contributed by atoms with van der Waals surface area (Å²) in [6.45, 7) is 6.25. The van der Waals surface area contributed by atoms with E-state index in [1.54, 1.807) is 0 Å². The summed E-state index contributed by atoms with van der Waals surface area (Å²) < 4.78 is 5.25. The number of hydrogen-bond donors (Lipinski definition) is 1. The lowest BCUT2D eigenvalue weighted by Gasteiger charge is -2.24. The average Bonchev–Trinajstić information content (AvgIpc) is 2.89. The van der Waals surface area contributed by atoms with Crippen LogP contribution in [0.25, 0.3) is 0 Å². The van der Waals surface area contributed by atoms with Gasteiger partial charge in [-0.25, -0.2) is 9.59 Å². The SMILES string of the molecule is C=C(C)C[C@H]1CCN(C(=O)OCc2ccccc2)[C@@H]1C(=O)O. The van der Waals surface area contributed by atoms with E-state index in [2.05, 4.69) is 6.58 Å². The summed E-state index contributed by atoms with van der Waals surface area (Å²) in [4.78, 5) is 25.0. The van der Waals surface area contributed by atoms with Gasteiger partial charge in [0.25, 0.3) is 0 Å². The van der Waals surface area contributed by atoms with E-state index in [1.165, 1.54) is 4.90 Å². The molecule has 1 fully saturated rings. The van der Waals surface area contributed by atoms with E-state index in [9.17, 15) is 14.7 Å². The number of amides is 1. The number of ether oxygens (including phenoxy) is 1. The fourth-order valence-corrected chi connectivity index (χ4v) is 2.86. The summed E-state index contributed by atoms with van der Waals surface area (Å²) in [5.74, 6) is -1.08. The van der Waals surface area contributed by atoms with Crippen molar-refractivity contribution in [2.45, 2.75) is 32.4 Å². The van der Waals surface area contributed by atoms with Crippen LogP contribution in [0.1, 0.15) is 25.3 Å². The Morgan fingerprint density at radius 3 is 2.64 bits per heavy atom. The van der Waals surface area contributed by atoms with E-state index in [-0.39, 0.29) is 12.5 Å². The topological polar surface area (TPSA) is 66.8 Å². The molecule has 0 radical (unpaired) electrons. The van der Waals surface area contributed by atoms with Crippen LogP contribution in [0.4, 0.5) is 4.79 Å². The van der Waals surface area contributed by atoms with Crippen LogP contribution in [0.5, 0.6) is 0 Å². The Kier molecular flexibility index (Phi) is 5.20. The Hall–Kier alpha value is -2.30. The van der Waals surface area contributed by atoms with Gasteiger partial charge in [0, 0.05) is 6.54 Å². The predicted octanol–water partition coefficient (Wildman–Crippen LogP) is 3.06. The van der Waals surface area contributed by atoms with Gasteiger partial charge >= 0.3 is 12.1 Å². The number of benzene rings is 1. The summed E-state index contributed by atoms with van der Waals surface area (Å²) in [7, 11) is 0. The highest BCUT2D eigenvalue weighted by Gasteiger charge is 2.42. The maximum atomic E-state index is 12.2.